The third kappa shape index (κ3) is 7.76. The molecule has 0 radical (unpaired) electrons. The lowest BCUT2D eigenvalue weighted by molar-refractivity contribution is 0.171. The van der Waals surface area contributed by atoms with Crippen LogP contribution < -0.4 is 5.32 Å². The van der Waals surface area contributed by atoms with Crippen molar-refractivity contribution in [2.45, 2.75) is 46.3 Å². The standard InChI is InChI=1S/C10H21NO/c1-8(2)5-6-11-9(3)7-10(4)12/h5,9-12H,6-7H2,1-4H3. The van der Waals surface area contributed by atoms with Crippen LogP contribution in [0, 0.1) is 0 Å². The van der Waals surface area contributed by atoms with E-state index < -0.39 is 0 Å². The summed E-state index contributed by atoms with van der Waals surface area (Å²) >= 11 is 0. The van der Waals surface area contributed by atoms with E-state index in [0.29, 0.717) is 6.04 Å². The molecule has 2 N–H and O–H groups in total. The van der Waals surface area contributed by atoms with E-state index in [9.17, 15) is 0 Å². The van der Waals surface area contributed by atoms with Gasteiger partial charge in [-0.05, 0) is 34.1 Å². The van der Waals surface area contributed by atoms with Crippen molar-refractivity contribution in [3.63, 3.8) is 0 Å². The summed E-state index contributed by atoms with van der Waals surface area (Å²) in [5.41, 5.74) is 1.33. The molecule has 0 fully saturated rings. The first-order chi connectivity index (χ1) is 5.52. The van der Waals surface area contributed by atoms with E-state index in [1.807, 2.05) is 6.92 Å². The van der Waals surface area contributed by atoms with Gasteiger partial charge in [0.05, 0.1) is 6.10 Å². The second-order valence-corrected chi connectivity index (χ2v) is 3.68. The fourth-order valence-electron chi connectivity index (χ4n) is 1.06. The topological polar surface area (TPSA) is 32.3 Å². The minimum Gasteiger partial charge on any atom is -0.393 e. The van der Waals surface area contributed by atoms with Crippen molar-refractivity contribution < 1.29 is 5.11 Å². The van der Waals surface area contributed by atoms with Crippen LogP contribution in [0.3, 0.4) is 0 Å². The van der Waals surface area contributed by atoms with Gasteiger partial charge in [0.1, 0.15) is 0 Å². The highest BCUT2D eigenvalue weighted by Crippen LogP contribution is 1.96. The Hall–Kier alpha value is -0.340. The van der Waals surface area contributed by atoms with E-state index in [1.54, 1.807) is 0 Å². The minimum absolute atomic E-state index is 0.209. The first-order valence-electron chi connectivity index (χ1n) is 4.57. The Morgan fingerprint density at radius 2 is 2.00 bits per heavy atom. The van der Waals surface area contributed by atoms with Crippen LogP contribution in [0.15, 0.2) is 11.6 Å². The number of aliphatic hydroxyl groups is 1. The highest BCUT2D eigenvalue weighted by Gasteiger charge is 2.03. The molecule has 0 rings (SSSR count). The lowest BCUT2D eigenvalue weighted by Gasteiger charge is -2.13. The summed E-state index contributed by atoms with van der Waals surface area (Å²) in [7, 11) is 0. The zero-order chi connectivity index (χ0) is 9.56. The third-order valence-electron chi connectivity index (χ3n) is 1.67. The van der Waals surface area contributed by atoms with Crippen molar-refractivity contribution >= 4 is 0 Å². The predicted octanol–water partition coefficient (Wildman–Crippen LogP) is 1.70. The molecule has 0 spiro atoms. The zero-order valence-corrected chi connectivity index (χ0v) is 8.59. The Morgan fingerprint density at radius 3 is 2.42 bits per heavy atom. The summed E-state index contributed by atoms with van der Waals surface area (Å²) in [6.45, 7) is 8.98. The van der Waals surface area contributed by atoms with E-state index in [1.165, 1.54) is 5.57 Å². The Kier molecular flexibility index (Phi) is 6.03. The summed E-state index contributed by atoms with van der Waals surface area (Å²) in [6.07, 6.45) is 2.76. The molecule has 0 aliphatic carbocycles. The molecule has 0 saturated heterocycles. The van der Waals surface area contributed by atoms with Crippen LogP contribution in [-0.4, -0.2) is 23.8 Å². The lowest BCUT2D eigenvalue weighted by Crippen LogP contribution is -2.29. The maximum Gasteiger partial charge on any atom is 0.0526 e. The van der Waals surface area contributed by atoms with E-state index >= 15 is 0 Å². The Bertz CT molecular complexity index is 137. The smallest absolute Gasteiger partial charge is 0.0526 e. The van der Waals surface area contributed by atoms with Crippen LogP contribution in [0.1, 0.15) is 34.1 Å². The van der Waals surface area contributed by atoms with Gasteiger partial charge in [-0.1, -0.05) is 11.6 Å². The van der Waals surface area contributed by atoms with Gasteiger partial charge in [-0.2, -0.15) is 0 Å². The Labute approximate surface area is 75.7 Å². The highest BCUT2D eigenvalue weighted by atomic mass is 16.3. The molecule has 72 valence electrons. The average Bonchev–Trinajstić information content (AvgIpc) is 1.84. The monoisotopic (exact) mass is 171 g/mol. The zero-order valence-electron chi connectivity index (χ0n) is 8.59. The van der Waals surface area contributed by atoms with Crippen molar-refractivity contribution in [1.82, 2.24) is 5.32 Å². The first kappa shape index (κ1) is 11.7. The number of hydrogen-bond donors (Lipinski definition) is 2. The van der Waals surface area contributed by atoms with Crippen LogP contribution in [0.25, 0.3) is 0 Å². The molecule has 0 aromatic heterocycles. The number of rotatable bonds is 5. The van der Waals surface area contributed by atoms with Crippen molar-refractivity contribution in [3.8, 4) is 0 Å². The van der Waals surface area contributed by atoms with Crippen molar-refractivity contribution in [2.24, 2.45) is 0 Å². The molecule has 0 aromatic carbocycles. The molecule has 2 atom stereocenters. The quantitative estimate of drug-likeness (QED) is 0.617. The third-order valence-corrected chi connectivity index (χ3v) is 1.67. The van der Waals surface area contributed by atoms with E-state index in [-0.39, 0.29) is 6.10 Å². The van der Waals surface area contributed by atoms with Gasteiger partial charge in [0.25, 0.3) is 0 Å². The number of allylic oxidation sites excluding steroid dienone is 1. The Balaban J connectivity index is 3.44. The molecule has 0 aromatic rings. The highest BCUT2D eigenvalue weighted by molar-refractivity contribution is 4.94. The van der Waals surface area contributed by atoms with Crippen LogP contribution >= 0.6 is 0 Å². The molecular formula is C10H21NO. The molecule has 0 aliphatic rings. The second kappa shape index (κ2) is 6.21. The van der Waals surface area contributed by atoms with Gasteiger partial charge in [0.15, 0.2) is 0 Å². The number of nitrogens with one attached hydrogen (secondary N) is 1. The van der Waals surface area contributed by atoms with E-state index in [2.05, 4.69) is 32.2 Å². The first-order valence-corrected chi connectivity index (χ1v) is 4.57. The molecule has 0 amide bonds. The summed E-state index contributed by atoms with van der Waals surface area (Å²) in [5.74, 6) is 0. The molecule has 0 saturated carbocycles. The van der Waals surface area contributed by atoms with Crippen LogP contribution in [0.4, 0.5) is 0 Å². The van der Waals surface area contributed by atoms with Crippen LogP contribution in [0.5, 0.6) is 0 Å². The summed E-state index contributed by atoms with van der Waals surface area (Å²) in [5, 5.41) is 12.4. The minimum atomic E-state index is -0.209. The van der Waals surface area contributed by atoms with E-state index in [0.717, 1.165) is 13.0 Å². The molecule has 0 bridgehead atoms. The van der Waals surface area contributed by atoms with Gasteiger partial charge >= 0.3 is 0 Å². The largest absolute Gasteiger partial charge is 0.393 e. The molecule has 2 unspecified atom stereocenters. The van der Waals surface area contributed by atoms with Gasteiger partial charge in [-0.3, -0.25) is 0 Å². The molecule has 0 heterocycles. The Morgan fingerprint density at radius 1 is 1.42 bits per heavy atom. The average molecular weight is 171 g/mol. The predicted molar refractivity (Wildman–Crippen MR) is 53.2 cm³/mol. The van der Waals surface area contributed by atoms with E-state index in [4.69, 9.17) is 5.11 Å². The second-order valence-electron chi connectivity index (χ2n) is 3.68. The summed E-state index contributed by atoms with van der Waals surface area (Å²) in [4.78, 5) is 0. The van der Waals surface area contributed by atoms with Crippen LogP contribution in [0.2, 0.25) is 0 Å². The maximum atomic E-state index is 9.08. The van der Waals surface area contributed by atoms with Crippen LogP contribution in [-0.2, 0) is 0 Å². The molecule has 0 aliphatic heterocycles. The maximum absolute atomic E-state index is 9.08. The van der Waals surface area contributed by atoms with Crippen molar-refractivity contribution in [2.75, 3.05) is 6.54 Å². The van der Waals surface area contributed by atoms with Gasteiger partial charge in [-0.25, -0.2) is 0 Å². The fourth-order valence-corrected chi connectivity index (χ4v) is 1.06. The van der Waals surface area contributed by atoms with Gasteiger partial charge in [0.2, 0.25) is 0 Å². The molecular weight excluding hydrogens is 150 g/mol. The van der Waals surface area contributed by atoms with Gasteiger partial charge < -0.3 is 10.4 Å². The number of aliphatic hydroxyl groups excluding tert-OH is 1. The number of hydrogen-bond acceptors (Lipinski definition) is 2. The molecule has 12 heavy (non-hydrogen) atoms. The molecule has 2 nitrogen and oxygen atoms in total. The molecule has 2 heteroatoms. The SMILES string of the molecule is CC(C)=CCNC(C)CC(C)O. The van der Waals surface area contributed by atoms with Crippen molar-refractivity contribution in [1.29, 1.82) is 0 Å². The fraction of sp³-hybridized carbons (Fsp3) is 0.800. The summed E-state index contributed by atoms with van der Waals surface area (Å²) < 4.78 is 0. The van der Waals surface area contributed by atoms with Gasteiger partial charge in [0, 0.05) is 12.6 Å². The lowest BCUT2D eigenvalue weighted by atomic mass is 10.1. The summed E-state index contributed by atoms with van der Waals surface area (Å²) in [6, 6.07) is 0.389. The van der Waals surface area contributed by atoms with Crippen molar-refractivity contribution in [3.05, 3.63) is 11.6 Å². The normalized spacial score (nSPS) is 15.4. The van der Waals surface area contributed by atoms with Gasteiger partial charge in [-0.15, -0.1) is 0 Å².